The molecule has 1 heteroatoms. The minimum Gasteiger partial charge on any atom is -0.0619 e. The van der Waals surface area contributed by atoms with Crippen molar-refractivity contribution in [3.63, 3.8) is 0 Å². The molecule has 1 aliphatic carbocycles. The van der Waals surface area contributed by atoms with Crippen molar-refractivity contribution in [3.8, 4) is 11.1 Å². The molecule has 2 aromatic rings. The van der Waals surface area contributed by atoms with Gasteiger partial charge in [0.2, 0.25) is 0 Å². The van der Waals surface area contributed by atoms with Crippen LogP contribution in [-0.2, 0) is 11.9 Å². The summed E-state index contributed by atoms with van der Waals surface area (Å²) in [7, 11) is 0. The summed E-state index contributed by atoms with van der Waals surface area (Å²) in [4.78, 5) is 0. The van der Waals surface area contributed by atoms with Crippen LogP contribution in [0.4, 0.5) is 0 Å². The topological polar surface area (TPSA) is 28.5 Å². The van der Waals surface area contributed by atoms with Crippen molar-refractivity contribution in [1.82, 2.24) is 0 Å². The Kier molecular flexibility index (Phi) is 2.10. The van der Waals surface area contributed by atoms with Crippen molar-refractivity contribution >= 4 is 0 Å². The van der Waals surface area contributed by atoms with E-state index in [4.69, 9.17) is 0 Å². The van der Waals surface area contributed by atoms with E-state index in [0.29, 0.717) is 0 Å². The zero-order chi connectivity index (χ0) is 8.67. The van der Waals surface area contributed by atoms with E-state index in [1.807, 2.05) is 0 Å². The van der Waals surface area contributed by atoms with E-state index in [2.05, 4.69) is 48.5 Å². The second kappa shape index (κ2) is 3.28. The van der Waals surface area contributed by atoms with Crippen LogP contribution in [0.1, 0.15) is 11.1 Å². The van der Waals surface area contributed by atoms with Crippen LogP contribution in [0.2, 0.25) is 0 Å². The second-order valence-electron chi connectivity index (χ2n) is 3.49. The molecule has 1 nitrogen and oxygen atoms in total. The van der Waals surface area contributed by atoms with Crippen molar-refractivity contribution in [2.75, 3.05) is 0 Å². The third kappa shape index (κ3) is 1.14. The maximum absolute atomic E-state index is 2.22. The highest BCUT2D eigenvalue weighted by Crippen LogP contribution is 2.35. The first kappa shape index (κ1) is 8.97. The highest BCUT2D eigenvalue weighted by Gasteiger charge is 2.15. The van der Waals surface area contributed by atoms with Crippen LogP contribution in [0.3, 0.4) is 0 Å². The predicted molar refractivity (Wildman–Crippen MR) is 55.4 cm³/mol. The van der Waals surface area contributed by atoms with E-state index >= 15 is 0 Å². The molecule has 0 N–H and O–H groups in total. The molecule has 0 saturated carbocycles. The molecule has 2 aromatic carbocycles. The highest BCUT2D eigenvalue weighted by atomic mass is 16.0. The normalized spacial score (nSPS) is 11.4. The Morgan fingerprint density at radius 2 is 1.07 bits per heavy atom. The van der Waals surface area contributed by atoms with Gasteiger partial charge in [-0.25, -0.2) is 0 Å². The average molecular weight is 182 g/mol. The summed E-state index contributed by atoms with van der Waals surface area (Å²) >= 11 is 0. The maximum atomic E-state index is 2.22. The molecular weight excluding hydrogens is 172 g/mol. The molecule has 68 valence electrons. The quantitative estimate of drug-likeness (QED) is 0.511. The first-order valence-corrected chi connectivity index (χ1v) is 4.61. The third-order valence-corrected chi connectivity index (χ3v) is 2.71. The van der Waals surface area contributed by atoms with E-state index in [1.54, 1.807) is 0 Å². The van der Waals surface area contributed by atoms with Crippen molar-refractivity contribution < 1.29 is 5.48 Å². The van der Waals surface area contributed by atoms with Gasteiger partial charge in [-0.3, -0.25) is 0 Å². The van der Waals surface area contributed by atoms with E-state index in [0.717, 1.165) is 6.42 Å². The number of rotatable bonds is 0. The summed E-state index contributed by atoms with van der Waals surface area (Å²) in [6, 6.07) is 17.3. The fraction of sp³-hybridized carbons (Fsp3) is 0.0769. The monoisotopic (exact) mass is 182 g/mol. The van der Waals surface area contributed by atoms with E-state index in [1.165, 1.54) is 22.3 Å². The molecule has 0 spiro atoms. The smallest absolute Gasteiger partial charge is 0 e. The van der Waals surface area contributed by atoms with Crippen molar-refractivity contribution in [3.05, 3.63) is 59.7 Å². The summed E-state index contributed by atoms with van der Waals surface area (Å²) in [5.41, 5.74) is 5.75. The molecule has 2 radical (unpaired) electrons. The van der Waals surface area contributed by atoms with Crippen LogP contribution < -0.4 is 0 Å². The van der Waals surface area contributed by atoms with Gasteiger partial charge in [0.05, 0.1) is 0 Å². The molecule has 0 atom stereocenters. The summed E-state index contributed by atoms with van der Waals surface area (Å²) in [5, 5.41) is 0. The van der Waals surface area contributed by atoms with Gasteiger partial charge >= 0.3 is 0 Å². The number of hydrogen-bond acceptors (Lipinski definition) is 0. The molecule has 0 heterocycles. The Morgan fingerprint density at radius 3 is 1.57 bits per heavy atom. The number of hydrogen-bond donors (Lipinski definition) is 0. The van der Waals surface area contributed by atoms with Crippen LogP contribution in [0, 0.1) is 0 Å². The lowest BCUT2D eigenvalue weighted by atomic mass is 10.1. The molecule has 0 bridgehead atoms. The largest absolute Gasteiger partial charge is 0.0619 e. The lowest BCUT2D eigenvalue weighted by Gasteiger charge is -1.98. The van der Waals surface area contributed by atoms with Gasteiger partial charge in [0.1, 0.15) is 0 Å². The van der Waals surface area contributed by atoms with Gasteiger partial charge in [-0.2, -0.15) is 0 Å². The molecule has 0 fully saturated rings. The Labute approximate surface area is 83.3 Å². The standard InChI is InChI=1S/C13H10.O/c1-3-7-12-10(5-1)9-11-6-2-4-8-13(11)12;/h1-8H,9H2;. The van der Waals surface area contributed by atoms with Crippen LogP contribution in [0.5, 0.6) is 0 Å². The Hall–Kier alpha value is -1.60. The summed E-state index contributed by atoms with van der Waals surface area (Å²) in [6.07, 6.45) is 1.10. The van der Waals surface area contributed by atoms with Crippen LogP contribution in [0.15, 0.2) is 48.5 Å². The van der Waals surface area contributed by atoms with Gasteiger partial charge < -0.3 is 0 Å². The summed E-state index contributed by atoms with van der Waals surface area (Å²) < 4.78 is 0. The lowest BCUT2D eigenvalue weighted by molar-refractivity contribution is 0.686. The van der Waals surface area contributed by atoms with Crippen LogP contribution >= 0.6 is 0 Å². The molecule has 0 unspecified atom stereocenters. The lowest BCUT2D eigenvalue weighted by Crippen LogP contribution is -1.77. The van der Waals surface area contributed by atoms with E-state index < -0.39 is 0 Å². The highest BCUT2D eigenvalue weighted by molar-refractivity contribution is 5.76. The fourth-order valence-electron chi connectivity index (χ4n) is 2.08. The van der Waals surface area contributed by atoms with Gasteiger partial charge in [-0.1, -0.05) is 48.5 Å². The van der Waals surface area contributed by atoms with E-state index in [-0.39, 0.29) is 5.48 Å². The summed E-state index contributed by atoms with van der Waals surface area (Å²) in [6.45, 7) is 0. The number of benzene rings is 2. The minimum absolute atomic E-state index is 0. The van der Waals surface area contributed by atoms with Gasteiger partial charge in [-0.05, 0) is 28.7 Å². The fourth-order valence-corrected chi connectivity index (χ4v) is 2.08. The molecule has 14 heavy (non-hydrogen) atoms. The third-order valence-electron chi connectivity index (χ3n) is 2.71. The van der Waals surface area contributed by atoms with Crippen molar-refractivity contribution in [2.24, 2.45) is 0 Å². The van der Waals surface area contributed by atoms with Crippen molar-refractivity contribution in [2.45, 2.75) is 6.42 Å². The first-order valence-electron chi connectivity index (χ1n) is 4.61. The number of fused-ring (bicyclic) bond motifs is 3. The molecule has 0 aromatic heterocycles. The Balaban J connectivity index is 0.000000750. The molecule has 0 amide bonds. The van der Waals surface area contributed by atoms with E-state index in [9.17, 15) is 0 Å². The molecular formula is C13H10O. The predicted octanol–water partition coefficient (Wildman–Crippen LogP) is 3.14. The zero-order valence-corrected chi connectivity index (χ0v) is 7.73. The molecule has 3 rings (SSSR count). The van der Waals surface area contributed by atoms with Crippen LogP contribution in [0.25, 0.3) is 11.1 Å². The minimum atomic E-state index is 0. The van der Waals surface area contributed by atoms with Gasteiger partial charge in [0, 0.05) is 5.48 Å². The van der Waals surface area contributed by atoms with Gasteiger partial charge in [0.15, 0.2) is 0 Å². The first-order chi connectivity index (χ1) is 6.45. The zero-order valence-electron chi connectivity index (χ0n) is 7.73. The molecule has 0 saturated heterocycles. The molecule has 1 aliphatic rings. The Bertz CT molecular complexity index is 417. The SMILES string of the molecule is [O].c1ccc2c(c1)Cc1ccccc1-2. The Morgan fingerprint density at radius 1 is 0.643 bits per heavy atom. The van der Waals surface area contributed by atoms with Gasteiger partial charge in [0.25, 0.3) is 0 Å². The molecule has 0 aliphatic heterocycles. The summed E-state index contributed by atoms with van der Waals surface area (Å²) in [5.74, 6) is 0. The second-order valence-corrected chi connectivity index (χ2v) is 3.49. The average Bonchev–Trinajstić information content (AvgIpc) is 2.56. The van der Waals surface area contributed by atoms with Gasteiger partial charge in [-0.15, -0.1) is 0 Å². The van der Waals surface area contributed by atoms with Crippen molar-refractivity contribution in [1.29, 1.82) is 0 Å². The van der Waals surface area contributed by atoms with Crippen LogP contribution in [-0.4, -0.2) is 0 Å². The maximum Gasteiger partial charge on any atom is 0 e.